The summed E-state index contributed by atoms with van der Waals surface area (Å²) in [4.78, 5) is 0. The molecule has 1 aromatic carbocycles. The van der Waals surface area contributed by atoms with Gasteiger partial charge in [0.2, 0.25) is 5.75 Å². The summed E-state index contributed by atoms with van der Waals surface area (Å²) in [5, 5.41) is 0. The first-order valence-electron chi connectivity index (χ1n) is 7.19. The predicted molar refractivity (Wildman–Crippen MR) is 87.3 cm³/mol. The molecule has 0 saturated carbocycles. The highest BCUT2D eigenvalue weighted by Gasteiger charge is 2.13. The third kappa shape index (κ3) is 4.60. The van der Waals surface area contributed by atoms with Crippen LogP contribution in [0.2, 0.25) is 0 Å². The Morgan fingerprint density at radius 3 is 2.04 bits per heavy atom. The predicted octanol–water partition coefficient (Wildman–Crippen LogP) is 0.194. The van der Waals surface area contributed by atoms with E-state index in [4.69, 9.17) is 14.2 Å². The molecule has 5 heteroatoms. The van der Waals surface area contributed by atoms with E-state index in [-0.39, 0.29) is 24.0 Å². The number of pyridine rings is 1. The van der Waals surface area contributed by atoms with Crippen molar-refractivity contribution in [3.63, 3.8) is 0 Å². The van der Waals surface area contributed by atoms with Gasteiger partial charge in [-0.05, 0) is 24.6 Å². The standard InChI is InChI=1S/C18H22NO3.HI/c1-5-19-12-10-14(11-13-19)6-7-15-8-9-16(20-2)18(22-4)17(15)21-3;/h6-13H,5H2,1-4H3;1H/q+1;/p-1/b7-6+;. The van der Waals surface area contributed by atoms with Gasteiger partial charge in [0.05, 0.1) is 21.3 Å². The number of hydrogen-bond donors (Lipinski definition) is 0. The highest BCUT2D eigenvalue weighted by Crippen LogP contribution is 2.40. The monoisotopic (exact) mass is 427 g/mol. The van der Waals surface area contributed by atoms with Gasteiger partial charge in [-0.2, -0.15) is 0 Å². The summed E-state index contributed by atoms with van der Waals surface area (Å²) in [7, 11) is 4.84. The lowest BCUT2D eigenvalue weighted by molar-refractivity contribution is -0.693. The zero-order valence-corrected chi connectivity index (χ0v) is 16.0. The van der Waals surface area contributed by atoms with Crippen molar-refractivity contribution >= 4 is 12.2 Å². The maximum atomic E-state index is 5.47. The van der Waals surface area contributed by atoms with E-state index in [2.05, 4.69) is 36.0 Å². The second-order valence-electron chi connectivity index (χ2n) is 4.72. The number of ether oxygens (including phenoxy) is 3. The van der Waals surface area contributed by atoms with Gasteiger partial charge in [0, 0.05) is 17.7 Å². The minimum atomic E-state index is 0. The van der Waals surface area contributed by atoms with E-state index >= 15 is 0 Å². The Balaban J connectivity index is 0.00000264. The molecule has 0 fully saturated rings. The van der Waals surface area contributed by atoms with Gasteiger partial charge in [-0.1, -0.05) is 12.2 Å². The van der Waals surface area contributed by atoms with Gasteiger partial charge in [-0.3, -0.25) is 0 Å². The Kier molecular flexibility index (Phi) is 7.88. The molecule has 2 aromatic rings. The number of nitrogens with zero attached hydrogens (tertiary/aromatic N) is 1. The Labute approximate surface area is 154 Å². The number of benzene rings is 1. The minimum absolute atomic E-state index is 0. The summed E-state index contributed by atoms with van der Waals surface area (Å²) in [6.07, 6.45) is 8.17. The summed E-state index contributed by atoms with van der Waals surface area (Å²) in [6.45, 7) is 3.08. The molecule has 0 unspecified atom stereocenters. The molecule has 0 radical (unpaired) electrons. The summed E-state index contributed by atoms with van der Waals surface area (Å²) in [5.41, 5.74) is 2.06. The number of aromatic nitrogens is 1. The number of halogens is 1. The minimum Gasteiger partial charge on any atom is -1.00 e. The van der Waals surface area contributed by atoms with Gasteiger partial charge in [0.15, 0.2) is 23.9 Å². The second kappa shape index (κ2) is 9.39. The fourth-order valence-electron chi connectivity index (χ4n) is 2.23. The number of hydrogen-bond acceptors (Lipinski definition) is 3. The molecule has 0 aliphatic rings. The summed E-state index contributed by atoms with van der Waals surface area (Å²) < 4.78 is 18.3. The molecule has 2 rings (SSSR count). The molecule has 1 aromatic heterocycles. The molecule has 0 aliphatic heterocycles. The summed E-state index contributed by atoms with van der Waals surface area (Å²) >= 11 is 0. The molecule has 23 heavy (non-hydrogen) atoms. The molecular formula is C18H22INO3. The lowest BCUT2D eigenvalue weighted by Crippen LogP contribution is -3.00. The zero-order valence-electron chi connectivity index (χ0n) is 13.9. The maximum absolute atomic E-state index is 5.47. The summed E-state index contributed by atoms with van der Waals surface area (Å²) in [6, 6.07) is 7.98. The van der Waals surface area contributed by atoms with Crippen LogP contribution in [0.25, 0.3) is 12.2 Å². The van der Waals surface area contributed by atoms with Crippen molar-refractivity contribution in [2.24, 2.45) is 0 Å². The lowest BCUT2D eigenvalue weighted by Gasteiger charge is -2.13. The van der Waals surface area contributed by atoms with E-state index in [1.165, 1.54) is 0 Å². The normalized spacial score (nSPS) is 10.3. The van der Waals surface area contributed by atoms with Crippen molar-refractivity contribution in [1.29, 1.82) is 0 Å². The number of methoxy groups -OCH3 is 3. The van der Waals surface area contributed by atoms with Crippen molar-refractivity contribution in [3.8, 4) is 17.2 Å². The fourth-order valence-corrected chi connectivity index (χ4v) is 2.23. The molecule has 0 aliphatic carbocycles. The van der Waals surface area contributed by atoms with Crippen LogP contribution >= 0.6 is 0 Å². The Morgan fingerprint density at radius 1 is 0.870 bits per heavy atom. The topological polar surface area (TPSA) is 31.6 Å². The van der Waals surface area contributed by atoms with Crippen molar-refractivity contribution in [3.05, 3.63) is 47.8 Å². The molecule has 0 spiro atoms. The Morgan fingerprint density at radius 2 is 1.52 bits per heavy atom. The molecular weight excluding hydrogens is 405 g/mol. The fraction of sp³-hybridized carbons (Fsp3) is 0.278. The van der Waals surface area contributed by atoms with Crippen LogP contribution in [0.1, 0.15) is 18.1 Å². The van der Waals surface area contributed by atoms with Crippen LogP contribution in [0.3, 0.4) is 0 Å². The van der Waals surface area contributed by atoms with Crippen LogP contribution in [0.4, 0.5) is 0 Å². The van der Waals surface area contributed by atoms with Crippen molar-refractivity contribution in [2.75, 3.05) is 21.3 Å². The molecule has 0 bridgehead atoms. The first-order valence-corrected chi connectivity index (χ1v) is 7.19. The maximum Gasteiger partial charge on any atom is 0.203 e. The highest BCUT2D eigenvalue weighted by atomic mass is 127. The molecule has 0 atom stereocenters. The van der Waals surface area contributed by atoms with E-state index < -0.39 is 0 Å². The smallest absolute Gasteiger partial charge is 0.203 e. The zero-order chi connectivity index (χ0) is 15.9. The number of aryl methyl sites for hydroxylation is 1. The average Bonchev–Trinajstić information content (AvgIpc) is 2.59. The van der Waals surface area contributed by atoms with Crippen molar-refractivity contribution in [2.45, 2.75) is 13.5 Å². The molecule has 0 saturated heterocycles. The van der Waals surface area contributed by atoms with Gasteiger partial charge < -0.3 is 38.2 Å². The third-order valence-electron chi connectivity index (χ3n) is 3.47. The largest absolute Gasteiger partial charge is 1.00 e. The van der Waals surface area contributed by atoms with Crippen LogP contribution in [-0.4, -0.2) is 21.3 Å². The molecule has 1 heterocycles. The highest BCUT2D eigenvalue weighted by molar-refractivity contribution is 5.75. The van der Waals surface area contributed by atoms with Gasteiger partial charge in [0.25, 0.3) is 0 Å². The van der Waals surface area contributed by atoms with E-state index in [0.717, 1.165) is 17.7 Å². The second-order valence-corrected chi connectivity index (χ2v) is 4.72. The quantitative estimate of drug-likeness (QED) is 0.488. The SMILES string of the molecule is CC[n+]1ccc(/C=C/c2ccc(OC)c(OC)c2OC)cc1.[I-]. The van der Waals surface area contributed by atoms with Crippen molar-refractivity contribution < 1.29 is 42.8 Å². The van der Waals surface area contributed by atoms with Gasteiger partial charge in [-0.25, -0.2) is 4.57 Å². The summed E-state index contributed by atoms with van der Waals surface area (Å²) in [5.74, 6) is 1.92. The van der Waals surface area contributed by atoms with Crippen LogP contribution in [0.5, 0.6) is 17.2 Å². The average molecular weight is 427 g/mol. The van der Waals surface area contributed by atoms with E-state index in [1.807, 2.05) is 24.3 Å². The van der Waals surface area contributed by atoms with Gasteiger partial charge in [-0.15, -0.1) is 0 Å². The van der Waals surface area contributed by atoms with Crippen molar-refractivity contribution in [1.82, 2.24) is 0 Å². The first kappa shape index (κ1) is 19.3. The van der Waals surface area contributed by atoms with E-state index in [1.54, 1.807) is 21.3 Å². The van der Waals surface area contributed by atoms with E-state index in [9.17, 15) is 0 Å². The Bertz CT molecular complexity index is 654. The van der Waals surface area contributed by atoms with Crippen LogP contribution in [-0.2, 0) is 6.54 Å². The molecule has 4 nitrogen and oxygen atoms in total. The number of rotatable bonds is 6. The van der Waals surface area contributed by atoms with Gasteiger partial charge in [0.1, 0.15) is 6.54 Å². The van der Waals surface area contributed by atoms with Crippen LogP contribution < -0.4 is 42.8 Å². The molecule has 124 valence electrons. The molecule has 0 amide bonds. The van der Waals surface area contributed by atoms with Gasteiger partial charge >= 0.3 is 0 Å². The first-order chi connectivity index (χ1) is 10.7. The van der Waals surface area contributed by atoms with Crippen LogP contribution in [0, 0.1) is 0 Å². The lowest BCUT2D eigenvalue weighted by atomic mass is 10.1. The van der Waals surface area contributed by atoms with Crippen LogP contribution in [0.15, 0.2) is 36.7 Å². The Hall–Kier alpha value is -1.76. The van der Waals surface area contributed by atoms with E-state index in [0.29, 0.717) is 17.2 Å². The molecule has 0 N–H and O–H groups in total. The third-order valence-corrected chi connectivity index (χ3v) is 3.47.